The highest BCUT2D eigenvalue weighted by Gasteiger charge is 2.33. The van der Waals surface area contributed by atoms with E-state index in [1.54, 1.807) is 0 Å². The van der Waals surface area contributed by atoms with Crippen molar-refractivity contribution in [1.29, 1.82) is 0 Å². The van der Waals surface area contributed by atoms with Crippen molar-refractivity contribution in [2.24, 2.45) is 7.05 Å². The molecule has 12 nitrogen and oxygen atoms in total. The molecule has 1 aromatic carbocycles. The first-order valence-electron chi connectivity index (χ1n) is 15.6. The number of rotatable bonds is 9. The molecule has 16 heteroatoms. The van der Waals surface area contributed by atoms with E-state index in [1.165, 1.54) is 5.56 Å². The zero-order chi connectivity index (χ0) is 32.4. The number of anilines is 1. The van der Waals surface area contributed by atoms with Gasteiger partial charge in [0.05, 0.1) is 22.7 Å². The Bertz CT molecular complexity index is 1580. The van der Waals surface area contributed by atoms with Crippen LogP contribution in [-0.2, 0) is 34.0 Å². The molecular formula is C30H38F3N9O3S. The van der Waals surface area contributed by atoms with Gasteiger partial charge in [-0.1, -0.05) is 12.1 Å². The lowest BCUT2D eigenvalue weighted by atomic mass is 9.88. The maximum Gasteiger partial charge on any atom is 0.419 e. The second-order valence-electron chi connectivity index (χ2n) is 12.2. The summed E-state index contributed by atoms with van der Waals surface area (Å²) in [6.45, 7) is 4.43. The average molecular weight is 662 g/mol. The normalized spacial score (nSPS) is 21.9. The van der Waals surface area contributed by atoms with Crippen molar-refractivity contribution in [2.75, 3.05) is 44.6 Å². The summed E-state index contributed by atoms with van der Waals surface area (Å²) in [7, 11) is 1.89. The standard InChI is InChI=1S/C30H38F3N9O3S/c1-40-25-16-20(2-3-23(25)27(39-40)24-4-5-26(43)38-28(24)44)19-6-11-41(12-7-19)15-10-36-46(45)42-13-8-22(9-14-42)37-29-34-17-21(18-35-29)30(31,32)33/h2-3,16-19,22,24,36H,4-15H2,1H3,(H,34,35,37)(H,38,43,44). The number of hydrogen-bond donors (Lipinski definition) is 3. The van der Waals surface area contributed by atoms with Crippen molar-refractivity contribution in [1.82, 2.24) is 39.0 Å². The molecule has 3 aliphatic heterocycles. The number of hydrogen-bond acceptors (Lipinski definition) is 8. The molecule has 0 radical (unpaired) electrons. The third kappa shape index (κ3) is 7.40. The number of carbonyl (C=O) groups excluding carboxylic acids is 2. The molecule has 0 saturated carbocycles. The number of imide groups is 1. The van der Waals surface area contributed by atoms with E-state index in [4.69, 9.17) is 0 Å². The van der Waals surface area contributed by atoms with Gasteiger partial charge in [0, 0.05) is 63.5 Å². The Morgan fingerprint density at radius 3 is 2.41 bits per heavy atom. The Labute approximate surface area is 267 Å². The molecule has 3 aromatic rings. The van der Waals surface area contributed by atoms with Gasteiger partial charge < -0.3 is 10.2 Å². The fourth-order valence-electron chi connectivity index (χ4n) is 6.54. The van der Waals surface area contributed by atoms with Crippen LogP contribution in [0.15, 0.2) is 30.6 Å². The first-order valence-corrected chi connectivity index (χ1v) is 16.7. The molecule has 2 amide bonds. The molecule has 6 rings (SSSR count). The van der Waals surface area contributed by atoms with Gasteiger partial charge in [-0.3, -0.25) is 19.6 Å². The number of nitrogens with zero attached hydrogens (tertiary/aromatic N) is 6. The highest BCUT2D eigenvalue weighted by molar-refractivity contribution is 7.80. The van der Waals surface area contributed by atoms with Gasteiger partial charge in [-0.2, -0.15) is 18.3 Å². The van der Waals surface area contributed by atoms with E-state index in [0.29, 0.717) is 51.2 Å². The van der Waals surface area contributed by atoms with E-state index in [0.717, 1.165) is 61.5 Å². The summed E-state index contributed by atoms with van der Waals surface area (Å²) in [5.74, 6) is -0.356. The number of aromatic nitrogens is 4. The van der Waals surface area contributed by atoms with E-state index >= 15 is 0 Å². The number of likely N-dealkylation sites (tertiary alicyclic amines) is 1. The summed E-state index contributed by atoms with van der Waals surface area (Å²) in [4.78, 5) is 34.0. The van der Waals surface area contributed by atoms with Crippen LogP contribution in [0.25, 0.3) is 10.9 Å². The summed E-state index contributed by atoms with van der Waals surface area (Å²) in [6, 6.07) is 6.37. The van der Waals surface area contributed by atoms with Crippen molar-refractivity contribution in [3.8, 4) is 0 Å². The molecule has 248 valence electrons. The number of carbonyl (C=O) groups is 2. The second kappa shape index (κ2) is 13.7. The number of benzene rings is 1. The number of piperidine rings is 3. The maximum absolute atomic E-state index is 12.9. The van der Waals surface area contributed by atoms with Crippen molar-refractivity contribution < 1.29 is 27.0 Å². The summed E-state index contributed by atoms with van der Waals surface area (Å²) in [5.41, 5.74) is 2.08. The molecule has 3 fully saturated rings. The lowest BCUT2D eigenvalue weighted by molar-refractivity contribution is -0.138. The van der Waals surface area contributed by atoms with Crippen molar-refractivity contribution in [2.45, 2.75) is 62.6 Å². The third-order valence-corrected chi connectivity index (χ3v) is 10.5. The second-order valence-corrected chi connectivity index (χ2v) is 13.5. The Morgan fingerprint density at radius 2 is 1.74 bits per heavy atom. The van der Waals surface area contributed by atoms with Gasteiger partial charge in [0.25, 0.3) is 0 Å². The number of aryl methyl sites for hydroxylation is 1. The van der Waals surface area contributed by atoms with Gasteiger partial charge in [0.15, 0.2) is 11.2 Å². The van der Waals surface area contributed by atoms with E-state index < -0.39 is 28.8 Å². The van der Waals surface area contributed by atoms with Gasteiger partial charge in [-0.25, -0.2) is 23.2 Å². The van der Waals surface area contributed by atoms with Gasteiger partial charge in [0.1, 0.15) is 0 Å². The largest absolute Gasteiger partial charge is 0.419 e. The minimum Gasteiger partial charge on any atom is -0.351 e. The topological polar surface area (TPSA) is 137 Å². The molecule has 2 aromatic heterocycles. The fourth-order valence-corrected chi connectivity index (χ4v) is 7.53. The van der Waals surface area contributed by atoms with Crippen LogP contribution in [0.5, 0.6) is 0 Å². The van der Waals surface area contributed by atoms with Crippen LogP contribution in [0.3, 0.4) is 0 Å². The Morgan fingerprint density at radius 1 is 1.02 bits per heavy atom. The minimum absolute atomic E-state index is 0.00253. The first-order chi connectivity index (χ1) is 22.0. The number of nitrogens with one attached hydrogen (secondary N) is 3. The smallest absolute Gasteiger partial charge is 0.351 e. The molecule has 3 aliphatic rings. The van der Waals surface area contributed by atoms with Crippen LogP contribution in [0.2, 0.25) is 0 Å². The summed E-state index contributed by atoms with van der Waals surface area (Å²) < 4.78 is 57.9. The monoisotopic (exact) mass is 661 g/mol. The quantitative estimate of drug-likeness (QED) is 0.298. The number of alkyl halides is 3. The van der Waals surface area contributed by atoms with E-state index in [-0.39, 0.29) is 23.8 Å². The molecular weight excluding hydrogens is 623 g/mol. The van der Waals surface area contributed by atoms with Crippen LogP contribution < -0.4 is 15.4 Å². The van der Waals surface area contributed by atoms with Crippen LogP contribution in [0.4, 0.5) is 19.1 Å². The predicted octanol–water partition coefficient (Wildman–Crippen LogP) is 2.83. The summed E-state index contributed by atoms with van der Waals surface area (Å²) in [5, 5.41) is 11.1. The van der Waals surface area contributed by atoms with Gasteiger partial charge >= 0.3 is 6.18 Å². The van der Waals surface area contributed by atoms with Crippen LogP contribution in [0, 0.1) is 0 Å². The highest BCUT2D eigenvalue weighted by Crippen LogP contribution is 2.34. The third-order valence-electron chi connectivity index (χ3n) is 9.19. The highest BCUT2D eigenvalue weighted by atomic mass is 32.2. The Hall–Kier alpha value is -3.47. The van der Waals surface area contributed by atoms with Crippen LogP contribution >= 0.6 is 0 Å². The van der Waals surface area contributed by atoms with E-state index in [2.05, 4.69) is 53.5 Å². The first kappa shape index (κ1) is 32.5. The maximum atomic E-state index is 12.9. The molecule has 0 spiro atoms. The zero-order valence-corrected chi connectivity index (χ0v) is 26.4. The molecule has 5 heterocycles. The van der Waals surface area contributed by atoms with Crippen molar-refractivity contribution in [3.63, 3.8) is 0 Å². The number of fused-ring (bicyclic) bond motifs is 1. The molecule has 0 bridgehead atoms. The van der Waals surface area contributed by atoms with Gasteiger partial charge in [-0.05, 0) is 62.7 Å². The van der Waals surface area contributed by atoms with Crippen molar-refractivity contribution >= 4 is 39.8 Å². The molecule has 2 atom stereocenters. The number of halogens is 3. The minimum atomic E-state index is -4.47. The lowest BCUT2D eigenvalue weighted by Gasteiger charge is -2.33. The summed E-state index contributed by atoms with van der Waals surface area (Å²) >= 11 is -1.32. The van der Waals surface area contributed by atoms with Gasteiger partial charge in [-0.15, -0.1) is 0 Å². The van der Waals surface area contributed by atoms with Crippen molar-refractivity contribution in [3.05, 3.63) is 47.4 Å². The number of amides is 2. The Kier molecular flexibility index (Phi) is 9.68. The fraction of sp³-hybridized carbons (Fsp3) is 0.567. The molecule has 3 saturated heterocycles. The van der Waals surface area contributed by atoms with Gasteiger partial charge in [0.2, 0.25) is 17.8 Å². The van der Waals surface area contributed by atoms with E-state index in [1.807, 2.05) is 16.0 Å². The Balaban J connectivity index is 0.920. The van der Waals surface area contributed by atoms with Crippen LogP contribution in [0.1, 0.15) is 67.2 Å². The summed E-state index contributed by atoms with van der Waals surface area (Å²) in [6.07, 6.45) is 1.24. The molecule has 46 heavy (non-hydrogen) atoms. The predicted molar refractivity (Wildman–Crippen MR) is 166 cm³/mol. The van der Waals surface area contributed by atoms with Crippen LogP contribution in [-0.4, -0.2) is 90.3 Å². The zero-order valence-electron chi connectivity index (χ0n) is 25.6. The molecule has 0 aliphatic carbocycles. The average Bonchev–Trinajstić information content (AvgIpc) is 3.36. The SMILES string of the molecule is Cn1nc(C2CCC(=O)NC2=O)c2ccc(C3CCN(CCNS(=O)N4CCC(Nc5ncc(C(F)(F)F)cn5)CC4)CC3)cc21. The van der Waals surface area contributed by atoms with E-state index in [9.17, 15) is 27.0 Å². The molecule has 3 N–H and O–H groups in total. The molecule has 2 unspecified atom stereocenters. The lowest BCUT2D eigenvalue weighted by Crippen LogP contribution is -2.45.